The Labute approximate surface area is 157 Å². The highest BCUT2D eigenvalue weighted by Gasteiger charge is 2.38. The van der Waals surface area contributed by atoms with E-state index in [1.165, 1.54) is 19.2 Å². The van der Waals surface area contributed by atoms with Crippen LogP contribution in [0.3, 0.4) is 0 Å². The maximum Gasteiger partial charge on any atom is 0.326 e. The molecule has 3 rings (SSSR count). The quantitative estimate of drug-likeness (QED) is 0.322. The second-order valence-corrected chi connectivity index (χ2v) is 5.80. The molecule has 0 bridgehead atoms. The summed E-state index contributed by atoms with van der Waals surface area (Å²) in [5.41, 5.74) is -0.259. The Morgan fingerprint density at radius 2 is 1.86 bits per heavy atom. The van der Waals surface area contributed by atoms with Crippen molar-refractivity contribution in [3.63, 3.8) is 0 Å². The zero-order chi connectivity index (χ0) is 20.4. The average Bonchev–Trinajstić information content (AvgIpc) is 2.91. The number of halogens is 1. The molecule has 0 spiro atoms. The van der Waals surface area contributed by atoms with E-state index in [-0.39, 0.29) is 29.0 Å². The van der Waals surface area contributed by atoms with Crippen molar-refractivity contribution in [3.8, 4) is 5.75 Å². The lowest BCUT2D eigenvalue weighted by Gasteiger charge is -2.14. The zero-order valence-electron chi connectivity index (χ0n) is 14.5. The summed E-state index contributed by atoms with van der Waals surface area (Å²) in [6, 6.07) is 6.93. The molecule has 0 atom stereocenters. The summed E-state index contributed by atoms with van der Waals surface area (Å²) >= 11 is 0. The van der Waals surface area contributed by atoms with Crippen LogP contribution in [0.25, 0.3) is 0 Å². The van der Waals surface area contributed by atoms with Crippen LogP contribution in [-0.4, -0.2) is 41.3 Å². The molecule has 1 aliphatic heterocycles. The van der Waals surface area contributed by atoms with Crippen molar-refractivity contribution in [2.24, 2.45) is 0 Å². The van der Waals surface area contributed by atoms with Gasteiger partial charge in [0.05, 0.1) is 23.2 Å². The first-order valence-corrected chi connectivity index (χ1v) is 7.94. The van der Waals surface area contributed by atoms with Crippen LogP contribution < -0.4 is 4.74 Å². The Morgan fingerprint density at radius 3 is 2.54 bits per heavy atom. The van der Waals surface area contributed by atoms with Gasteiger partial charge in [-0.25, -0.2) is 4.39 Å². The topological polar surface area (TPSA) is 116 Å². The van der Waals surface area contributed by atoms with E-state index >= 15 is 0 Å². The van der Waals surface area contributed by atoms with E-state index in [0.29, 0.717) is 10.6 Å². The monoisotopic (exact) mass is 388 g/mol. The summed E-state index contributed by atoms with van der Waals surface area (Å²) in [5, 5.41) is 10.8. The molecule has 0 fully saturated rings. The lowest BCUT2D eigenvalue weighted by molar-refractivity contribution is -0.384. The van der Waals surface area contributed by atoms with E-state index < -0.39 is 35.1 Å². The van der Waals surface area contributed by atoms with Crippen molar-refractivity contribution in [1.29, 1.82) is 0 Å². The van der Waals surface area contributed by atoms with Crippen LogP contribution in [0.15, 0.2) is 36.4 Å². The van der Waals surface area contributed by atoms with Gasteiger partial charge in [-0.2, -0.15) is 0 Å². The predicted molar refractivity (Wildman–Crippen MR) is 91.2 cm³/mol. The number of methoxy groups -OCH3 is 1. The number of nitrogens with zero attached hydrogens (tertiary/aromatic N) is 2. The van der Waals surface area contributed by atoms with Crippen molar-refractivity contribution in [2.45, 2.75) is 6.61 Å². The number of hydrogen-bond acceptors (Lipinski definition) is 7. The Balaban J connectivity index is 1.69. The number of rotatable bonds is 6. The summed E-state index contributed by atoms with van der Waals surface area (Å²) < 4.78 is 23.4. The zero-order valence-corrected chi connectivity index (χ0v) is 14.5. The van der Waals surface area contributed by atoms with Crippen LogP contribution >= 0.6 is 0 Å². The molecular weight excluding hydrogens is 375 g/mol. The molecule has 2 aromatic rings. The molecule has 10 heteroatoms. The maximum atomic E-state index is 13.3. The van der Waals surface area contributed by atoms with E-state index in [9.17, 15) is 28.9 Å². The highest BCUT2D eigenvalue weighted by atomic mass is 19.1. The van der Waals surface area contributed by atoms with Crippen molar-refractivity contribution >= 4 is 23.5 Å². The third-order valence-corrected chi connectivity index (χ3v) is 4.08. The Morgan fingerprint density at radius 1 is 1.14 bits per heavy atom. The van der Waals surface area contributed by atoms with Crippen molar-refractivity contribution < 1.29 is 33.2 Å². The van der Waals surface area contributed by atoms with E-state index in [1.54, 1.807) is 0 Å². The molecule has 0 saturated heterocycles. The van der Waals surface area contributed by atoms with Crippen LogP contribution in [0, 0.1) is 15.9 Å². The number of non-ortho nitro benzene ring substituents is 1. The molecular formula is C18H13FN2O7. The predicted octanol–water partition coefficient (Wildman–Crippen LogP) is 2.08. The molecule has 0 aromatic heterocycles. The van der Waals surface area contributed by atoms with Crippen molar-refractivity contribution in [1.82, 2.24) is 4.90 Å². The second kappa shape index (κ2) is 7.43. The molecule has 2 amide bonds. The SMILES string of the molecule is COc1ccc(F)cc1COC(=O)CN1C(=O)c2ccc([N+](=O)[O-])cc2C1=O. The third kappa shape index (κ3) is 3.52. The molecule has 1 heterocycles. The first-order valence-electron chi connectivity index (χ1n) is 7.94. The number of esters is 1. The van der Waals surface area contributed by atoms with Gasteiger partial charge in [-0.15, -0.1) is 0 Å². The number of carbonyl (C=O) groups is 3. The summed E-state index contributed by atoms with van der Waals surface area (Å²) in [5.74, 6) is -2.73. The van der Waals surface area contributed by atoms with Crippen molar-refractivity contribution in [3.05, 3.63) is 69.0 Å². The summed E-state index contributed by atoms with van der Waals surface area (Å²) in [7, 11) is 1.37. The van der Waals surface area contributed by atoms with Gasteiger partial charge < -0.3 is 9.47 Å². The normalized spacial score (nSPS) is 12.7. The summed E-state index contributed by atoms with van der Waals surface area (Å²) in [6.45, 7) is -1.01. The van der Waals surface area contributed by atoms with E-state index in [1.807, 2.05) is 0 Å². The molecule has 0 radical (unpaired) electrons. The highest BCUT2D eigenvalue weighted by Crippen LogP contribution is 2.27. The second-order valence-electron chi connectivity index (χ2n) is 5.80. The molecule has 1 aliphatic rings. The van der Waals surface area contributed by atoms with Gasteiger partial charge in [0.25, 0.3) is 17.5 Å². The van der Waals surface area contributed by atoms with E-state index in [4.69, 9.17) is 9.47 Å². The van der Waals surface area contributed by atoms with Gasteiger partial charge >= 0.3 is 5.97 Å². The minimum absolute atomic E-state index is 0.0322. The van der Waals surface area contributed by atoms with Gasteiger partial charge in [0.15, 0.2) is 0 Å². The molecule has 0 aliphatic carbocycles. The largest absolute Gasteiger partial charge is 0.496 e. The Kier molecular flexibility index (Phi) is 5.03. The first-order chi connectivity index (χ1) is 13.3. The highest BCUT2D eigenvalue weighted by molar-refractivity contribution is 6.22. The number of fused-ring (bicyclic) bond motifs is 1. The third-order valence-electron chi connectivity index (χ3n) is 4.08. The molecule has 0 N–H and O–H groups in total. The number of benzene rings is 2. The minimum Gasteiger partial charge on any atom is -0.496 e. The van der Waals surface area contributed by atoms with E-state index in [0.717, 1.165) is 24.3 Å². The Bertz CT molecular complexity index is 1010. The molecule has 0 saturated carbocycles. The van der Waals surface area contributed by atoms with Gasteiger partial charge in [-0.1, -0.05) is 0 Å². The first kappa shape index (κ1) is 19.0. The van der Waals surface area contributed by atoms with Crippen LogP contribution in [-0.2, 0) is 16.1 Å². The minimum atomic E-state index is -0.907. The summed E-state index contributed by atoms with van der Waals surface area (Å²) in [4.78, 5) is 47.5. The van der Waals surface area contributed by atoms with Gasteiger partial charge in [-0.3, -0.25) is 29.4 Å². The fourth-order valence-electron chi connectivity index (χ4n) is 2.73. The fraction of sp³-hybridized carbons (Fsp3) is 0.167. The number of nitro groups is 1. The van der Waals surface area contributed by atoms with Gasteiger partial charge in [0.1, 0.15) is 24.7 Å². The number of nitro benzene ring substituents is 1. The van der Waals surface area contributed by atoms with Crippen molar-refractivity contribution in [2.75, 3.05) is 13.7 Å². The fourth-order valence-corrected chi connectivity index (χ4v) is 2.73. The molecule has 2 aromatic carbocycles. The van der Waals surface area contributed by atoms with Gasteiger partial charge in [0, 0.05) is 17.7 Å². The number of imide groups is 1. The summed E-state index contributed by atoms with van der Waals surface area (Å²) in [6.07, 6.45) is 0. The van der Waals surface area contributed by atoms with Crippen LogP contribution in [0.4, 0.5) is 10.1 Å². The lowest BCUT2D eigenvalue weighted by Crippen LogP contribution is -2.35. The molecule has 0 unspecified atom stereocenters. The molecule has 9 nitrogen and oxygen atoms in total. The van der Waals surface area contributed by atoms with Crippen LogP contribution in [0.1, 0.15) is 26.3 Å². The maximum absolute atomic E-state index is 13.3. The number of hydrogen-bond donors (Lipinski definition) is 0. The lowest BCUT2D eigenvalue weighted by atomic mass is 10.1. The number of ether oxygens (including phenoxy) is 2. The smallest absolute Gasteiger partial charge is 0.326 e. The van der Waals surface area contributed by atoms with E-state index in [2.05, 4.69) is 0 Å². The Hall–Kier alpha value is -3.82. The van der Waals surface area contributed by atoms with Crippen LogP contribution in [0.5, 0.6) is 5.75 Å². The standard InChI is InChI=1S/C18H13FN2O7/c1-27-15-5-2-11(19)6-10(15)9-28-16(22)8-20-17(23)13-4-3-12(21(25)26)7-14(13)18(20)24/h2-7H,8-9H2,1H3. The van der Waals surface area contributed by atoms with Gasteiger partial charge in [-0.05, 0) is 24.3 Å². The average molecular weight is 388 g/mol. The number of carbonyl (C=O) groups excluding carboxylic acids is 3. The van der Waals surface area contributed by atoms with Gasteiger partial charge in [0.2, 0.25) is 0 Å². The van der Waals surface area contributed by atoms with Crippen LogP contribution in [0.2, 0.25) is 0 Å². The number of amides is 2. The molecule has 144 valence electrons. The molecule has 28 heavy (non-hydrogen) atoms.